The van der Waals surface area contributed by atoms with Gasteiger partial charge in [-0.15, -0.1) is 0 Å². The number of hydrogen-bond acceptors (Lipinski definition) is 3. The number of nitrogens with zero attached hydrogens (tertiary/aromatic N) is 1. The molecule has 0 aromatic carbocycles. The third kappa shape index (κ3) is 3.03. The van der Waals surface area contributed by atoms with E-state index in [1.807, 2.05) is 19.1 Å². The van der Waals surface area contributed by atoms with Gasteiger partial charge in [-0.05, 0) is 25.5 Å². The number of nitrogens with one attached hydrogen (secondary N) is 2. The molecular formula is C12H15N3O2. The standard InChI is InChI=1S/C12H15N3O2/c1-8-3-2-4-10(14-8)15-12(17)9-5-6-11(16)13-7-9/h2-4,9H,5-7H2,1H3,(H,13,16)(H,14,15,17)/t9-/m1/s1. The lowest BCUT2D eigenvalue weighted by Gasteiger charge is -2.21. The Bertz CT molecular complexity index is 435. The van der Waals surface area contributed by atoms with Gasteiger partial charge in [-0.2, -0.15) is 0 Å². The number of carbonyl (C=O) groups is 2. The lowest BCUT2D eigenvalue weighted by atomic mass is 9.98. The van der Waals surface area contributed by atoms with Gasteiger partial charge < -0.3 is 10.6 Å². The van der Waals surface area contributed by atoms with Crippen molar-refractivity contribution in [3.8, 4) is 0 Å². The molecule has 1 saturated heterocycles. The lowest BCUT2D eigenvalue weighted by Crippen LogP contribution is -2.40. The second kappa shape index (κ2) is 4.95. The molecule has 0 unspecified atom stereocenters. The van der Waals surface area contributed by atoms with Crippen molar-refractivity contribution < 1.29 is 9.59 Å². The average Bonchev–Trinajstić information content (AvgIpc) is 2.29. The minimum Gasteiger partial charge on any atom is -0.355 e. The van der Waals surface area contributed by atoms with Crippen LogP contribution in [-0.2, 0) is 9.59 Å². The number of aromatic nitrogens is 1. The number of carbonyl (C=O) groups excluding carboxylic acids is 2. The van der Waals surface area contributed by atoms with Crippen LogP contribution < -0.4 is 10.6 Å². The summed E-state index contributed by atoms with van der Waals surface area (Å²) in [5.74, 6) is 0.341. The summed E-state index contributed by atoms with van der Waals surface area (Å²) in [5, 5.41) is 5.46. The molecule has 2 amide bonds. The first-order valence-electron chi connectivity index (χ1n) is 5.66. The van der Waals surface area contributed by atoms with Crippen LogP contribution in [0.25, 0.3) is 0 Å². The molecule has 5 nitrogen and oxygen atoms in total. The quantitative estimate of drug-likeness (QED) is 0.795. The van der Waals surface area contributed by atoms with Crippen molar-refractivity contribution in [2.45, 2.75) is 19.8 Å². The van der Waals surface area contributed by atoms with E-state index in [1.165, 1.54) is 0 Å². The van der Waals surface area contributed by atoms with E-state index in [0.29, 0.717) is 25.2 Å². The summed E-state index contributed by atoms with van der Waals surface area (Å²) in [4.78, 5) is 27.1. The van der Waals surface area contributed by atoms with Gasteiger partial charge in [0.1, 0.15) is 5.82 Å². The molecule has 1 aliphatic heterocycles. The maximum Gasteiger partial charge on any atom is 0.230 e. The molecule has 1 fully saturated rings. The van der Waals surface area contributed by atoms with Crippen molar-refractivity contribution in [2.24, 2.45) is 5.92 Å². The monoisotopic (exact) mass is 233 g/mol. The molecule has 0 bridgehead atoms. The van der Waals surface area contributed by atoms with Gasteiger partial charge in [0.25, 0.3) is 0 Å². The van der Waals surface area contributed by atoms with Crippen molar-refractivity contribution >= 4 is 17.6 Å². The van der Waals surface area contributed by atoms with E-state index < -0.39 is 0 Å². The van der Waals surface area contributed by atoms with E-state index in [2.05, 4.69) is 15.6 Å². The molecule has 2 N–H and O–H groups in total. The van der Waals surface area contributed by atoms with Gasteiger partial charge in [0.05, 0.1) is 5.92 Å². The fraction of sp³-hybridized carbons (Fsp3) is 0.417. The largest absolute Gasteiger partial charge is 0.355 e. The molecule has 1 aromatic heterocycles. The van der Waals surface area contributed by atoms with Crippen LogP contribution in [0.4, 0.5) is 5.82 Å². The third-order valence-electron chi connectivity index (χ3n) is 2.78. The fourth-order valence-corrected chi connectivity index (χ4v) is 1.80. The van der Waals surface area contributed by atoms with Crippen LogP contribution in [-0.4, -0.2) is 23.3 Å². The van der Waals surface area contributed by atoms with Crippen LogP contribution in [0.15, 0.2) is 18.2 Å². The summed E-state index contributed by atoms with van der Waals surface area (Å²) < 4.78 is 0. The SMILES string of the molecule is Cc1cccc(NC(=O)[C@@H]2CCC(=O)NC2)n1. The Kier molecular flexibility index (Phi) is 3.37. The Morgan fingerprint density at radius 2 is 2.35 bits per heavy atom. The number of aryl methyl sites for hydroxylation is 1. The van der Waals surface area contributed by atoms with Crippen LogP contribution in [0.3, 0.4) is 0 Å². The molecule has 1 atom stereocenters. The molecule has 2 rings (SSSR count). The van der Waals surface area contributed by atoms with E-state index in [0.717, 1.165) is 5.69 Å². The van der Waals surface area contributed by atoms with Crippen LogP contribution in [0.5, 0.6) is 0 Å². The van der Waals surface area contributed by atoms with Gasteiger partial charge in [-0.25, -0.2) is 4.98 Å². The van der Waals surface area contributed by atoms with Gasteiger partial charge >= 0.3 is 0 Å². The van der Waals surface area contributed by atoms with Crippen molar-refractivity contribution in [3.05, 3.63) is 23.9 Å². The highest BCUT2D eigenvalue weighted by Crippen LogP contribution is 2.13. The molecule has 0 saturated carbocycles. The van der Waals surface area contributed by atoms with Crippen LogP contribution in [0.1, 0.15) is 18.5 Å². The first-order chi connectivity index (χ1) is 8.15. The number of anilines is 1. The predicted octanol–water partition coefficient (Wildman–Crippen LogP) is 0.855. The van der Waals surface area contributed by atoms with Gasteiger partial charge in [0.2, 0.25) is 11.8 Å². The normalized spacial score (nSPS) is 19.6. The first kappa shape index (κ1) is 11.6. The number of pyridine rings is 1. The van der Waals surface area contributed by atoms with Gasteiger partial charge in [0.15, 0.2) is 0 Å². The summed E-state index contributed by atoms with van der Waals surface area (Å²) >= 11 is 0. The summed E-state index contributed by atoms with van der Waals surface area (Å²) in [6, 6.07) is 5.48. The van der Waals surface area contributed by atoms with E-state index in [-0.39, 0.29) is 17.7 Å². The zero-order valence-corrected chi connectivity index (χ0v) is 9.69. The zero-order valence-electron chi connectivity index (χ0n) is 9.69. The molecule has 0 spiro atoms. The van der Waals surface area contributed by atoms with Crippen molar-refractivity contribution in [3.63, 3.8) is 0 Å². The molecule has 5 heteroatoms. The predicted molar refractivity (Wildman–Crippen MR) is 63.3 cm³/mol. The molecular weight excluding hydrogens is 218 g/mol. The highest BCUT2D eigenvalue weighted by Gasteiger charge is 2.24. The minimum absolute atomic E-state index is 0.0164. The van der Waals surface area contributed by atoms with Gasteiger partial charge in [-0.1, -0.05) is 6.07 Å². The van der Waals surface area contributed by atoms with Gasteiger partial charge in [-0.3, -0.25) is 9.59 Å². The van der Waals surface area contributed by atoms with Crippen molar-refractivity contribution in [1.29, 1.82) is 0 Å². The summed E-state index contributed by atoms with van der Waals surface area (Å²) in [6.07, 6.45) is 1.02. The topological polar surface area (TPSA) is 71.1 Å². The van der Waals surface area contributed by atoms with E-state index in [9.17, 15) is 9.59 Å². The molecule has 17 heavy (non-hydrogen) atoms. The zero-order chi connectivity index (χ0) is 12.3. The fourth-order valence-electron chi connectivity index (χ4n) is 1.80. The molecule has 2 heterocycles. The smallest absolute Gasteiger partial charge is 0.230 e. The van der Waals surface area contributed by atoms with Crippen LogP contribution >= 0.6 is 0 Å². The van der Waals surface area contributed by atoms with Gasteiger partial charge in [0, 0.05) is 18.7 Å². The lowest BCUT2D eigenvalue weighted by molar-refractivity contribution is -0.126. The number of piperidine rings is 1. The Morgan fingerprint density at radius 1 is 1.53 bits per heavy atom. The summed E-state index contributed by atoms with van der Waals surface area (Å²) in [7, 11) is 0. The summed E-state index contributed by atoms with van der Waals surface area (Å²) in [5.41, 5.74) is 0.861. The minimum atomic E-state index is -0.157. The molecule has 1 aliphatic rings. The Hall–Kier alpha value is -1.91. The molecule has 90 valence electrons. The highest BCUT2D eigenvalue weighted by molar-refractivity contribution is 5.93. The maximum atomic E-state index is 11.9. The Balaban J connectivity index is 1.95. The second-order valence-electron chi connectivity index (χ2n) is 4.19. The maximum absolute atomic E-state index is 11.9. The van der Waals surface area contributed by atoms with E-state index >= 15 is 0 Å². The average molecular weight is 233 g/mol. The second-order valence-corrected chi connectivity index (χ2v) is 4.19. The van der Waals surface area contributed by atoms with Crippen LogP contribution in [0.2, 0.25) is 0 Å². The molecule has 0 radical (unpaired) electrons. The van der Waals surface area contributed by atoms with Crippen LogP contribution in [0, 0.1) is 12.8 Å². The Morgan fingerprint density at radius 3 is 3.00 bits per heavy atom. The number of rotatable bonds is 2. The highest BCUT2D eigenvalue weighted by atomic mass is 16.2. The van der Waals surface area contributed by atoms with E-state index in [1.54, 1.807) is 6.07 Å². The van der Waals surface area contributed by atoms with E-state index in [4.69, 9.17) is 0 Å². The van der Waals surface area contributed by atoms with Crippen molar-refractivity contribution in [2.75, 3.05) is 11.9 Å². The number of hydrogen-bond donors (Lipinski definition) is 2. The number of amides is 2. The summed E-state index contributed by atoms with van der Waals surface area (Å²) in [6.45, 7) is 2.28. The third-order valence-corrected chi connectivity index (χ3v) is 2.78. The molecule has 1 aromatic rings. The molecule has 0 aliphatic carbocycles. The van der Waals surface area contributed by atoms with Crippen molar-refractivity contribution in [1.82, 2.24) is 10.3 Å². The first-order valence-corrected chi connectivity index (χ1v) is 5.66. The Labute approximate surface area is 99.6 Å².